The van der Waals surface area contributed by atoms with Gasteiger partial charge in [-0.15, -0.1) is 0 Å². The number of phenolic OH excluding ortho intramolecular Hbond substituents is 1. The van der Waals surface area contributed by atoms with Gasteiger partial charge in [-0.05, 0) is 29.7 Å². The zero-order valence-corrected chi connectivity index (χ0v) is 17.6. The van der Waals surface area contributed by atoms with E-state index in [-0.39, 0.29) is 17.6 Å². The lowest BCUT2D eigenvalue weighted by Gasteiger charge is -2.22. The fourth-order valence-corrected chi connectivity index (χ4v) is 3.69. The topological polar surface area (TPSA) is 75.1 Å². The third-order valence-electron chi connectivity index (χ3n) is 5.19. The number of nitrogens with zero attached hydrogens (tertiary/aromatic N) is 2. The average molecular weight is 412 g/mol. The first-order valence-corrected chi connectivity index (χ1v) is 10.4. The second-order valence-corrected chi connectivity index (χ2v) is 8.01. The van der Waals surface area contributed by atoms with Crippen LogP contribution < -0.4 is 5.32 Å². The van der Waals surface area contributed by atoms with Gasteiger partial charge in [-0.2, -0.15) is 0 Å². The van der Waals surface area contributed by atoms with E-state index < -0.39 is 6.04 Å². The van der Waals surface area contributed by atoms with Crippen molar-refractivity contribution in [1.29, 1.82) is 0 Å². The predicted molar refractivity (Wildman–Crippen MR) is 123 cm³/mol. The maximum atomic E-state index is 12.7. The molecule has 5 nitrogen and oxygen atoms in total. The quantitative estimate of drug-likeness (QED) is 0.454. The summed E-state index contributed by atoms with van der Waals surface area (Å²) in [6.45, 7) is 4.02. The van der Waals surface area contributed by atoms with Gasteiger partial charge in [0.1, 0.15) is 11.3 Å². The van der Waals surface area contributed by atoms with E-state index in [1.165, 1.54) is 0 Å². The molecule has 0 saturated heterocycles. The molecule has 5 heteroatoms. The molecule has 0 aliphatic rings. The van der Waals surface area contributed by atoms with Crippen LogP contribution in [0.5, 0.6) is 5.75 Å². The molecule has 1 unspecified atom stereocenters. The molecule has 0 radical (unpaired) electrons. The van der Waals surface area contributed by atoms with Gasteiger partial charge in [0.25, 0.3) is 0 Å². The lowest BCUT2D eigenvalue weighted by molar-refractivity contribution is -0.122. The van der Waals surface area contributed by atoms with Crippen LogP contribution in [0.1, 0.15) is 37.4 Å². The number of fused-ring (bicyclic) bond motifs is 1. The predicted octanol–water partition coefficient (Wildman–Crippen LogP) is 5.25. The van der Waals surface area contributed by atoms with Gasteiger partial charge in [-0.25, -0.2) is 0 Å². The number of amides is 1. The smallest absolute Gasteiger partial charge is 0.221 e. The molecule has 1 atom stereocenters. The normalized spacial score (nSPS) is 12.1. The molecule has 0 spiro atoms. The zero-order valence-electron chi connectivity index (χ0n) is 17.6. The van der Waals surface area contributed by atoms with Gasteiger partial charge in [0, 0.05) is 35.3 Å². The monoisotopic (exact) mass is 411 g/mol. The van der Waals surface area contributed by atoms with E-state index in [2.05, 4.69) is 15.3 Å². The van der Waals surface area contributed by atoms with Crippen LogP contribution in [0.25, 0.3) is 22.2 Å². The summed E-state index contributed by atoms with van der Waals surface area (Å²) >= 11 is 0. The SMILES string of the molecule is CC(C)CC(=O)NC(c1ccc(-c2ccccn2)cc1)c1ccc2cccnc2c1O. The number of carbonyl (C=O) groups is 1. The fraction of sp³-hybridized carbons (Fsp3) is 0.192. The Kier molecular flexibility index (Phi) is 5.94. The maximum Gasteiger partial charge on any atom is 0.221 e. The molecule has 1 amide bonds. The second-order valence-electron chi connectivity index (χ2n) is 8.01. The number of hydrogen-bond donors (Lipinski definition) is 2. The van der Waals surface area contributed by atoms with Gasteiger partial charge in [0.2, 0.25) is 5.91 Å². The van der Waals surface area contributed by atoms with Crippen molar-refractivity contribution in [2.24, 2.45) is 5.92 Å². The molecule has 0 aliphatic heterocycles. The van der Waals surface area contributed by atoms with Crippen molar-refractivity contribution in [3.63, 3.8) is 0 Å². The molecular formula is C26H25N3O2. The highest BCUT2D eigenvalue weighted by Crippen LogP contribution is 2.35. The maximum absolute atomic E-state index is 12.7. The van der Waals surface area contributed by atoms with Crippen molar-refractivity contribution < 1.29 is 9.90 Å². The average Bonchev–Trinajstić information content (AvgIpc) is 2.78. The van der Waals surface area contributed by atoms with E-state index in [4.69, 9.17) is 0 Å². The van der Waals surface area contributed by atoms with Crippen LogP contribution in [0.3, 0.4) is 0 Å². The first-order valence-electron chi connectivity index (χ1n) is 10.4. The van der Waals surface area contributed by atoms with Crippen LogP contribution in [-0.4, -0.2) is 21.0 Å². The Hall–Kier alpha value is -3.73. The van der Waals surface area contributed by atoms with Crippen molar-refractivity contribution in [1.82, 2.24) is 15.3 Å². The van der Waals surface area contributed by atoms with Crippen molar-refractivity contribution in [3.8, 4) is 17.0 Å². The number of aromatic nitrogens is 2. The molecule has 2 aromatic carbocycles. The molecule has 2 heterocycles. The Morgan fingerprint density at radius 2 is 1.71 bits per heavy atom. The van der Waals surface area contributed by atoms with E-state index in [1.807, 2.05) is 80.6 Å². The lowest BCUT2D eigenvalue weighted by Crippen LogP contribution is -2.30. The minimum atomic E-state index is -0.490. The minimum Gasteiger partial charge on any atom is -0.505 e. The van der Waals surface area contributed by atoms with Crippen LogP contribution >= 0.6 is 0 Å². The third kappa shape index (κ3) is 4.56. The van der Waals surface area contributed by atoms with E-state index in [0.29, 0.717) is 17.5 Å². The highest BCUT2D eigenvalue weighted by atomic mass is 16.3. The molecular weight excluding hydrogens is 386 g/mol. The summed E-state index contributed by atoms with van der Waals surface area (Å²) in [4.78, 5) is 21.4. The summed E-state index contributed by atoms with van der Waals surface area (Å²) < 4.78 is 0. The highest BCUT2D eigenvalue weighted by Gasteiger charge is 2.22. The molecule has 0 bridgehead atoms. The zero-order chi connectivity index (χ0) is 21.8. The van der Waals surface area contributed by atoms with Crippen molar-refractivity contribution in [3.05, 3.63) is 90.3 Å². The summed E-state index contributed by atoms with van der Waals surface area (Å²) in [6.07, 6.45) is 3.83. The van der Waals surface area contributed by atoms with Crippen molar-refractivity contribution in [2.45, 2.75) is 26.3 Å². The Labute approximate surface area is 181 Å². The van der Waals surface area contributed by atoms with Gasteiger partial charge >= 0.3 is 0 Å². The van der Waals surface area contributed by atoms with Gasteiger partial charge < -0.3 is 10.4 Å². The van der Waals surface area contributed by atoms with E-state index in [9.17, 15) is 9.90 Å². The van der Waals surface area contributed by atoms with Crippen molar-refractivity contribution >= 4 is 16.8 Å². The number of carbonyl (C=O) groups excluding carboxylic acids is 1. The summed E-state index contributed by atoms with van der Waals surface area (Å²) in [5.74, 6) is 0.259. The van der Waals surface area contributed by atoms with Crippen LogP contribution in [0.15, 0.2) is 79.1 Å². The summed E-state index contributed by atoms with van der Waals surface area (Å²) in [5, 5.41) is 14.9. The van der Waals surface area contributed by atoms with Gasteiger partial charge in [0.05, 0.1) is 11.7 Å². The Morgan fingerprint density at radius 3 is 2.42 bits per heavy atom. The van der Waals surface area contributed by atoms with Gasteiger partial charge in [-0.3, -0.25) is 14.8 Å². The number of hydrogen-bond acceptors (Lipinski definition) is 4. The summed E-state index contributed by atoms with van der Waals surface area (Å²) in [5.41, 5.74) is 3.89. The van der Waals surface area contributed by atoms with E-state index in [1.54, 1.807) is 12.4 Å². The molecule has 31 heavy (non-hydrogen) atoms. The molecule has 0 aliphatic carbocycles. The number of pyridine rings is 2. The molecule has 4 aromatic rings. The number of rotatable bonds is 6. The van der Waals surface area contributed by atoms with Crippen LogP contribution in [0, 0.1) is 5.92 Å². The summed E-state index contributed by atoms with van der Waals surface area (Å²) in [7, 11) is 0. The van der Waals surface area contributed by atoms with Gasteiger partial charge in [0.15, 0.2) is 0 Å². The second kappa shape index (κ2) is 8.96. The molecule has 0 fully saturated rings. The molecule has 156 valence electrons. The van der Waals surface area contributed by atoms with E-state index >= 15 is 0 Å². The minimum absolute atomic E-state index is 0.0608. The first kappa shape index (κ1) is 20.5. The number of benzene rings is 2. The standard InChI is InChI=1S/C26H25N3O2/c1-17(2)16-23(30)29-24(21-13-12-19-6-5-15-28-25(19)26(21)31)20-10-8-18(9-11-20)22-7-3-4-14-27-22/h3-15,17,24,31H,16H2,1-2H3,(H,29,30). The number of phenols is 1. The fourth-order valence-electron chi connectivity index (χ4n) is 3.69. The third-order valence-corrected chi connectivity index (χ3v) is 5.19. The largest absolute Gasteiger partial charge is 0.505 e. The lowest BCUT2D eigenvalue weighted by atomic mass is 9.94. The number of nitrogens with one attached hydrogen (secondary N) is 1. The molecule has 0 saturated carbocycles. The molecule has 2 aromatic heterocycles. The molecule has 4 rings (SSSR count). The Bertz CT molecular complexity index is 1190. The highest BCUT2D eigenvalue weighted by molar-refractivity contribution is 5.86. The van der Waals surface area contributed by atoms with Gasteiger partial charge in [-0.1, -0.05) is 62.4 Å². The number of aromatic hydroxyl groups is 1. The van der Waals surface area contributed by atoms with E-state index in [0.717, 1.165) is 22.2 Å². The summed E-state index contributed by atoms with van der Waals surface area (Å²) in [6, 6.07) is 20.7. The molecule has 2 N–H and O–H groups in total. The van der Waals surface area contributed by atoms with Crippen LogP contribution in [-0.2, 0) is 4.79 Å². The van der Waals surface area contributed by atoms with Crippen LogP contribution in [0.2, 0.25) is 0 Å². The Morgan fingerprint density at radius 1 is 0.935 bits per heavy atom. The van der Waals surface area contributed by atoms with Crippen LogP contribution in [0.4, 0.5) is 0 Å². The van der Waals surface area contributed by atoms with Crippen molar-refractivity contribution in [2.75, 3.05) is 0 Å². The first-order chi connectivity index (χ1) is 15.0. The Balaban J connectivity index is 1.74.